The Kier molecular flexibility index (Phi) is 2.39. The van der Waals surface area contributed by atoms with Crippen LogP contribution in [0.3, 0.4) is 0 Å². The van der Waals surface area contributed by atoms with Gasteiger partial charge >= 0.3 is 0 Å². The molecule has 0 aliphatic carbocycles. The smallest absolute Gasteiger partial charge is 0.217 e. The quantitative estimate of drug-likeness (QED) is 0.843. The SMILES string of the molecule is CC(C)C1COC(c2cccc3[nH]ccc23)=N1. The second-order valence-corrected chi connectivity index (χ2v) is 4.80. The highest BCUT2D eigenvalue weighted by molar-refractivity contribution is 6.06. The van der Waals surface area contributed by atoms with E-state index in [1.165, 1.54) is 5.39 Å². The fraction of sp³-hybridized carbons (Fsp3) is 0.357. The molecule has 88 valence electrons. The highest BCUT2D eigenvalue weighted by Crippen LogP contribution is 2.23. The third-order valence-electron chi connectivity index (χ3n) is 3.27. The summed E-state index contributed by atoms with van der Waals surface area (Å²) in [4.78, 5) is 7.87. The van der Waals surface area contributed by atoms with Crippen LogP contribution in [0.25, 0.3) is 10.9 Å². The molecule has 1 aromatic carbocycles. The second-order valence-electron chi connectivity index (χ2n) is 4.80. The van der Waals surface area contributed by atoms with Gasteiger partial charge in [-0.3, -0.25) is 0 Å². The van der Waals surface area contributed by atoms with Crippen LogP contribution in [0.15, 0.2) is 35.5 Å². The van der Waals surface area contributed by atoms with E-state index in [-0.39, 0.29) is 0 Å². The average Bonchev–Trinajstić information content (AvgIpc) is 2.97. The first-order valence-electron chi connectivity index (χ1n) is 6.03. The predicted molar refractivity (Wildman–Crippen MR) is 69.4 cm³/mol. The number of hydrogen-bond donors (Lipinski definition) is 1. The summed E-state index contributed by atoms with van der Waals surface area (Å²) in [6, 6.07) is 8.52. The molecule has 0 amide bonds. The molecule has 3 rings (SSSR count). The van der Waals surface area contributed by atoms with Gasteiger partial charge in [-0.1, -0.05) is 19.9 Å². The maximum Gasteiger partial charge on any atom is 0.217 e. The Morgan fingerprint density at radius 1 is 1.35 bits per heavy atom. The Balaban J connectivity index is 2.05. The molecule has 1 aliphatic rings. The summed E-state index contributed by atoms with van der Waals surface area (Å²) in [6.45, 7) is 5.06. The minimum absolute atomic E-state index is 0.291. The Morgan fingerprint density at radius 3 is 3.00 bits per heavy atom. The topological polar surface area (TPSA) is 37.4 Å². The number of ether oxygens (including phenoxy) is 1. The van der Waals surface area contributed by atoms with Crippen molar-refractivity contribution in [3.8, 4) is 0 Å². The van der Waals surface area contributed by atoms with Crippen molar-refractivity contribution in [1.82, 2.24) is 4.98 Å². The van der Waals surface area contributed by atoms with Crippen molar-refractivity contribution in [1.29, 1.82) is 0 Å². The first-order chi connectivity index (χ1) is 8.25. The van der Waals surface area contributed by atoms with Crippen LogP contribution in [0.4, 0.5) is 0 Å². The number of aromatic amines is 1. The maximum atomic E-state index is 5.73. The highest BCUT2D eigenvalue weighted by Gasteiger charge is 2.23. The second kappa shape index (κ2) is 3.91. The third-order valence-corrected chi connectivity index (χ3v) is 3.27. The van der Waals surface area contributed by atoms with Gasteiger partial charge in [0.05, 0.1) is 6.04 Å². The number of benzene rings is 1. The third kappa shape index (κ3) is 1.71. The van der Waals surface area contributed by atoms with E-state index in [0.29, 0.717) is 18.6 Å². The summed E-state index contributed by atoms with van der Waals surface area (Å²) in [7, 11) is 0. The van der Waals surface area contributed by atoms with Crippen LogP contribution >= 0.6 is 0 Å². The van der Waals surface area contributed by atoms with Gasteiger partial charge in [0.2, 0.25) is 5.90 Å². The molecule has 0 radical (unpaired) electrons. The molecule has 1 unspecified atom stereocenters. The average molecular weight is 228 g/mol. The standard InChI is InChI=1S/C14H16N2O/c1-9(2)13-8-17-14(16-13)11-4-3-5-12-10(11)6-7-15-12/h3-7,9,13,15H,8H2,1-2H3. The number of aliphatic imine (C=N–C) groups is 1. The van der Waals surface area contributed by atoms with Gasteiger partial charge in [-0.15, -0.1) is 0 Å². The first kappa shape index (κ1) is 10.4. The van der Waals surface area contributed by atoms with E-state index in [4.69, 9.17) is 4.74 Å². The number of hydrogen-bond acceptors (Lipinski definition) is 2. The summed E-state index contributed by atoms with van der Waals surface area (Å²) >= 11 is 0. The molecule has 0 fully saturated rings. The molecule has 2 aromatic rings. The van der Waals surface area contributed by atoms with Crippen molar-refractivity contribution in [2.45, 2.75) is 19.9 Å². The Labute approximate surface area is 101 Å². The van der Waals surface area contributed by atoms with Gasteiger partial charge in [-0.25, -0.2) is 4.99 Å². The predicted octanol–water partition coefficient (Wildman–Crippen LogP) is 2.97. The van der Waals surface area contributed by atoms with Crippen molar-refractivity contribution < 1.29 is 4.74 Å². The van der Waals surface area contributed by atoms with Gasteiger partial charge in [-0.2, -0.15) is 0 Å². The number of rotatable bonds is 2. The van der Waals surface area contributed by atoms with E-state index < -0.39 is 0 Å². The largest absolute Gasteiger partial charge is 0.475 e. The summed E-state index contributed by atoms with van der Waals surface area (Å²) in [6.07, 6.45) is 1.95. The van der Waals surface area contributed by atoms with E-state index in [2.05, 4.69) is 42.0 Å². The maximum absolute atomic E-state index is 5.73. The zero-order chi connectivity index (χ0) is 11.8. The minimum Gasteiger partial charge on any atom is -0.475 e. The molecule has 17 heavy (non-hydrogen) atoms. The summed E-state index contributed by atoms with van der Waals surface area (Å²) < 4.78 is 5.73. The van der Waals surface area contributed by atoms with Gasteiger partial charge in [0, 0.05) is 22.7 Å². The Morgan fingerprint density at radius 2 is 2.24 bits per heavy atom. The summed E-state index contributed by atoms with van der Waals surface area (Å²) in [5, 5.41) is 1.18. The van der Waals surface area contributed by atoms with E-state index in [1.54, 1.807) is 0 Å². The lowest BCUT2D eigenvalue weighted by atomic mass is 10.1. The zero-order valence-corrected chi connectivity index (χ0v) is 10.1. The number of nitrogens with one attached hydrogen (secondary N) is 1. The summed E-state index contributed by atoms with van der Waals surface area (Å²) in [5.74, 6) is 1.31. The molecule has 2 heterocycles. The monoisotopic (exact) mass is 228 g/mol. The Bertz CT molecular complexity index is 568. The molecule has 0 bridgehead atoms. The fourth-order valence-corrected chi connectivity index (χ4v) is 2.15. The normalized spacial score (nSPS) is 19.7. The van der Waals surface area contributed by atoms with Crippen LogP contribution in [0.1, 0.15) is 19.4 Å². The van der Waals surface area contributed by atoms with Gasteiger partial charge in [0.25, 0.3) is 0 Å². The number of aromatic nitrogens is 1. The van der Waals surface area contributed by atoms with Gasteiger partial charge in [-0.05, 0) is 24.1 Å². The van der Waals surface area contributed by atoms with Crippen molar-refractivity contribution >= 4 is 16.8 Å². The van der Waals surface area contributed by atoms with Crippen LogP contribution < -0.4 is 0 Å². The molecular formula is C14H16N2O. The molecule has 1 atom stereocenters. The molecule has 0 spiro atoms. The molecule has 1 aliphatic heterocycles. The van der Waals surface area contributed by atoms with Crippen LogP contribution in [0, 0.1) is 5.92 Å². The van der Waals surface area contributed by atoms with Crippen LogP contribution in [-0.2, 0) is 4.74 Å². The van der Waals surface area contributed by atoms with Crippen molar-refractivity contribution in [2.75, 3.05) is 6.61 Å². The molecule has 3 nitrogen and oxygen atoms in total. The Hall–Kier alpha value is -1.77. The molecular weight excluding hydrogens is 212 g/mol. The minimum atomic E-state index is 0.291. The number of fused-ring (bicyclic) bond motifs is 1. The highest BCUT2D eigenvalue weighted by atomic mass is 16.5. The van der Waals surface area contributed by atoms with E-state index in [0.717, 1.165) is 17.0 Å². The van der Waals surface area contributed by atoms with Gasteiger partial charge in [0.1, 0.15) is 6.61 Å². The lowest BCUT2D eigenvalue weighted by Crippen LogP contribution is -2.13. The van der Waals surface area contributed by atoms with Crippen molar-refractivity contribution in [3.05, 3.63) is 36.0 Å². The van der Waals surface area contributed by atoms with Crippen LogP contribution in [0.2, 0.25) is 0 Å². The van der Waals surface area contributed by atoms with Gasteiger partial charge in [0.15, 0.2) is 0 Å². The molecule has 0 saturated heterocycles. The molecule has 3 heteroatoms. The van der Waals surface area contributed by atoms with E-state index in [9.17, 15) is 0 Å². The molecule has 0 saturated carbocycles. The fourth-order valence-electron chi connectivity index (χ4n) is 2.15. The van der Waals surface area contributed by atoms with Crippen LogP contribution in [-0.4, -0.2) is 23.5 Å². The number of nitrogens with zero attached hydrogens (tertiary/aromatic N) is 1. The van der Waals surface area contributed by atoms with Gasteiger partial charge < -0.3 is 9.72 Å². The lowest BCUT2D eigenvalue weighted by molar-refractivity contribution is 0.292. The van der Waals surface area contributed by atoms with E-state index >= 15 is 0 Å². The number of H-pyrrole nitrogens is 1. The molecule has 1 N–H and O–H groups in total. The van der Waals surface area contributed by atoms with Crippen molar-refractivity contribution in [3.63, 3.8) is 0 Å². The van der Waals surface area contributed by atoms with Crippen molar-refractivity contribution in [2.24, 2.45) is 10.9 Å². The zero-order valence-electron chi connectivity index (χ0n) is 10.1. The summed E-state index contributed by atoms with van der Waals surface area (Å²) in [5.41, 5.74) is 2.22. The molecule has 1 aromatic heterocycles. The van der Waals surface area contributed by atoms with Crippen LogP contribution in [0.5, 0.6) is 0 Å². The first-order valence-corrected chi connectivity index (χ1v) is 6.03. The van der Waals surface area contributed by atoms with E-state index in [1.807, 2.05) is 12.3 Å². The lowest BCUT2D eigenvalue weighted by Gasteiger charge is -2.06.